The lowest BCUT2D eigenvalue weighted by Gasteiger charge is -2.05. The molecule has 0 saturated carbocycles. The van der Waals surface area contributed by atoms with Crippen molar-refractivity contribution in [3.63, 3.8) is 0 Å². The molecule has 0 spiro atoms. The van der Waals surface area contributed by atoms with Crippen molar-refractivity contribution in [3.05, 3.63) is 65.5 Å². The first-order valence-corrected chi connectivity index (χ1v) is 7.03. The fourth-order valence-electron chi connectivity index (χ4n) is 2.24. The Morgan fingerprint density at radius 2 is 2.14 bits per heavy atom. The number of benzene rings is 1. The van der Waals surface area contributed by atoms with E-state index in [9.17, 15) is 4.39 Å². The zero-order chi connectivity index (χ0) is 14.8. The van der Waals surface area contributed by atoms with Crippen molar-refractivity contribution in [1.82, 2.24) is 19.1 Å². The molecule has 0 aliphatic carbocycles. The molecule has 6 heteroatoms. The van der Waals surface area contributed by atoms with E-state index in [-0.39, 0.29) is 5.82 Å². The number of halogens is 2. The molecule has 0 aliphatic rings. The summed E-state index contributed by atoms with van der Waals surface area (Å²) in [6, 6.07) is 4.59. The van der Waals surface area contributed by atoms with Gasteiger partial charge < -0.3 is 9.13 Å². The molecule has 3 rings (SSSR count). The third-order valence-corrected chi connectivity index (χ3v) is 3.51. The summed E-state index contributed by atoms with van der Waals surface area (Å²) in [5, 5.41) is 0.377. The van der Waals surface area contributed by atoms with Gasteiger partial charge in [-0.1, -0.05) is 18.5 Å². The Balaban J connectivity index is 1.86. The van der Waals surface area contributed by atoms with Crippen LogP contribution in [0.25, 0.3) is 5.69 Å². The monoisotopic (exact) mass is 304 g/mol. The van der Waals surface area contributed by atoms with Gasteiger partial charge in [0.2, 0.25) is 0 Å². The van der Waals surface area contributed by atoms with Crippen molar-refractivity contribution in [2.75, 3.05) is 0 Å². The van der Waals surface area contributed by atoms with Crippen LogP contribution in [0.15, 0.2) is 43.1 Å². The molecule has 0 fully saturated rings. The maximum absolute atomic E-state index is 13.9. The highest BCUT2D eigenvalue weighted by Crippen LogP contribution is 2.18. The summed E-state index contributed by atoms with van der Waals surface area (Å²) in [5.41, 5.74) is 1.27. The van der Waals surface area contributed by atoms with Crippen LogP contribution in [0.4, 0.5) is 4.39 Å². The van der Waals surface area contributed by atoms with E-state index < -0.39 is 0 Å². The number of hydrogen-bond acceptors (Lipinski definition) is 2. The predicted octanol–water partition coefficient (Wildman–Crippen LogP) is 3.47. The highest BCUT2D eigenvalue weighted by atomic mass is 35.5. The molecule has 0 saturated heterocycles. The quantitative estimate of drug-likeness (QED) is 0.740. The number of aryl methyl sites for hydroxylation is 1. The first kappa shape index (κ1) is 13.8. The van der Waals surface area contributed by atoms with Crippen LogP contribution in [0.2, 0.25) is 5.02 Å². The largest absolute Gasteiger partial charge is 0.329 e. The molecular formula is C15H14ClFN4. The zero-order valence-electron chi connectivity index (χ0n) is 11.5. The third-order valence-electron chi connectivity index (χ3n) is 3.27. The minimum atomic E-state index is -0.372. The van der Waals surface area contributed by atoms with Crippen LogP contribution < -0.4 is 0 Å². The summed E-state index contributed by atoms with van der Waals surface area (Å²) >= 11 is 5.76. The van der Waals surface area contributed by atoms with E-state index in [0.717, 1.165) is 17.9 Å². The van der Waals surface area contributed by atoms with E-state index >= 15 is 0 Å². The van der Waals surface area contributed by atoms with Gasteiger partial charge in [-0.05, 0) is 18.2 Å². The van der Waals surface area contributed by atoms with E-state index in [1.165, 1.54) is 6.07 Å². The number of rotatable bonds is 4. The van der Waals surface area contributed by atoms with Crippen LogP contribution in [-0.4, -0.2) is 19.1 Å². The molecule has 21 heavy (non-hydrogen) atoms. The molecule has 0 unspecified atom stereocenters. The van der Waals surface area contributed by atoms with E-state index in [4.69, 9.17) is 11.6 Å². The Morgan fingerprint density at radius 3 is 2.90 bits per heavy atom. The molecule has 0 amide bonds. The number of hydrogen-bond donors (Lipinski definition) is 0. The van der Waals surface area contributed by atoms with Crippen LogP contribution in [0, 0.1) is 5.82 Å². The van der Waals surface area contributed by atoms with Crippen molar-refractivity contribution < 1.29 is 4.39 Å². The average molecular weight is 305 g/mol. The maximum atomic E-state index is 13.9. The lowest BCUT2D eigenvalue weighted by Crippen LogP contribution is -2.03. The molecule has 0 N–H and O–H groups in total. The van der Waals surface area contributed by atoms with Gasteiger partial charge in [-0.15, -0.1) is 0 Å². The topological polar surface area (TPSA) is 35.6 Å². The predicted molar refractivity (Wildman–Crippen MR) is 79.2 cm³/mol. The van der Waals surface area contributed by atoms with Crippen molar-refractivity contribution >= 4 is 11.6 Å². The van der Waals surface area contributed by atoms with E-state index in [0.29, 0.717) is 17.3 Å². The third kappa shape index (κ3) is 2.83. The van der Waals surface area contributed by atoms with E-state index in [1.54, 1.807) is 29.2 Å². The van der Waals surface area contributed by atoms with Gasteiger partial charge in [0.15, 0.2) is 0 Å². The minimum Gasteiger partial charge on any atom is -0.329 e. The maximum Gasteiger partial charge on any atom is 0.148 e. The molecule has 0 atom stereocenters. The van der Waals surface area contributed by atoms with Gasteiger partial charge in [-0.2, -0.15) is 0 Å². The van der Waals surface area contributed by atoms with Gasteiger partial charge in [0.25, 0.3) is 0 Å². The molecule has 0 aliphatic heterocycles. The minimum absolute atomic E-state index is 0.372. The normalized spacial score (nSPS) is 11.0. The highest BCUT2D eigenvalue weighted by molar-refractivity contribution is 6.30. The average Bonchev–Trinajstić information content (AvgIpc) is 3.08. The smallest absolute Gasteiger partial charge is 0.148 e. The summed E-state index contributed by atoms with van der Waals surface area (Å²) < 4.78 is 17.6. The Kier molecular flexibility index (Phi) is 3.75. The lowest BCUT2D eigenvalue weighted by molar-refractivity contribution is 0.618. The Bertz CT molecular complexity index is 763. The van der Waals surface area contributed by atoms with Crippen molar-refractivity contribution in [3.8, 4) is 5.69 Å². The van der Waals surface area contributed by atoms with Crippen LogP contribution in [-0.2, 0) is 13.0 Å². The molecule has 2 aromatic heterocycles. The van der Waals surface area contributed by atoms with Crippen molar-refractivity contribution in [1.29, 1.82) is 0 Å². The van der Waals surface area contributed by atoms with E-state index in [2.05, 4.69) is 16.9 Å². The standard InChI is InChI=1S/C15H14ClFN4/c1-2-15-18-5-6-20(15)8-12-9-21(10-19-12)14-4-3-11(16)7-13(14)17/h3-7,9-10H,2,8H2,1H3. The molecule has 1 aromatic carbocycles. The Labute approximate surface area is 126 Å². The fourth-order valence-corrected chi connectivity index (χ4v) is 2.40. The molecule has 3 aromatic rings. The summed E-state index contributed by atoms with van der Waals surface area (Å²) in [7, 11) is 0. The molecule has 4 nitrogen and oxygen atoms in total. The Hall–Kier alpha value is -2.14. The SMILES string of the molecule is CCc1nccn1Cc1cn(-c2ccc(Cl)cc2F)cn1. The second-order valence-electron chi connectivity index (χ2n) is 4.69. The molecule has 0 bridgehead atoms. The second kappa shape index (κ2) is 5.69. The van der Waals surface area contributed by atoms with Gasteiger partial charge in [-0.25, -0.2) is 14.4 Å². The van der Waals surface area contributed by atoms with Crippen LogP contribution in [0.3, 0.4) is 0 Å². The van der Waals surface area contributed by atoms with Crippen molar-refractivity contribution in [2.24, 2.45) is 0 Å². The van der Waals surface area contributed by atoms with Crippen LogP contribution in [0.1, 0.15) is 18.4 Å². The molecule has 108 valence electrons. The second-order valence-corrected chi connectivity index (χ2v) is 5.13. The fraction of sp³-hybridized carbons (Fsp3) is 0.200. The van der Waals surface area contributed by atoms with Gasteiger partial charge >= 0.3 is 0 Å². The van der Waals surface area contributed by atoms with Gasteiger partial charge in [0.05, 0.1) is 24.3 Å². The van der Waals surface area contributed by atoms with Gasteiger partial charge in [0, 0.05) is 30.0 Å². The summed E-state index contributed by atoms with van der Waals surface area (Å²) in [6.07, 6.45) is 7.96. The first-order chi connectivity index (χ1) is 10.2. The van der Waals surface area contributed by atoms with Crippen molar-refractivity contribution in [2.45, 2.75) is 19.9 Å². The van der Waals surface area contributed by atoms with E-state index in [1.807, 2.05) is 17.0 Å². The highest BCUT2D eigenvalue weighted by Gasteiger charge is 2.08. The molecular weight excluding hydrogens is 291 g/mol. The van der Waals surface area contributed by atoms with Gasteiger partial charge in [0.1, 0.15) is 11.6 Å². The van der Waals surface area contributed by atoms with Crippen LogP contribution >= 0.6 is 11.6 Å². The lowest BCUT2D eigenvalue weighted by atomic mass is 10.3. The number of aromatic nitrogens is 4. The number of nitrogens with zero attached hydrogens (tertiary/aromatic N) is 4. The summed E-state index contributed by atoms with van der Waals surface area (Å²) in [4.78, 5) is 8.59. The Morgan fingerprint density at radius 1 is 1.29 bits per heavy atom. The summed E-state index contributed by atoms with van der Waals surface area (Å²) in [6.45, 7) is 2.67. The number of imidazole rings is 2. The molecule has 2 heterocycles. The molecule has 0 radical (unpaired) electrons. The summed E-state index contributed by atoms with van der Waals surface area (Å²) in [5.74, 6) is 0.630. The van der Waals surface area contributed by atoms with Crippen LogP contribution in [0.5, 0.6) is 0 Å². The van der Waals surface area contributed by atoms with Gasteiger partial charge in [-0.3, -0.25) is 0 Å². The first-order valence-electron chi connectivity index (χ1n) is 6.65. The zero-order valence-corrected chi connectivity index (χ0v) is 12.3.